The second kappa shape index (κ2) is 7.45. The number of ether oxygens (including phenoxy) is 1. The van der Waals surface area contributed by atoms with Gasteiger partial charge >= 0.3 is 0 Å². The van der Waals surface area contributed by atoms with Crippen molar-refractivity contribution in [2.75, 3.05) is 12.4 Å². The van der Waals surface area contributed by atoms with Crippen LogP contribution in [0.4, 0.5) is 4.39 Å². The van der Waals surface area contributed by atoms with Gasteiger partial charge in [0.15, 0.2) is 0 Å². The number of hydrogen-bond donors (Lipinski definition) is 0. The molecule has 0 radical (unpaired) electrons. The summed E-state index contributed by atoms with van der Waals surface area (Å²) in [4.78, 5) is 0. The normalized spacial score (nSPS) is 13.3. The summed E-state index contributed by atoms with van der Waals surface area (Å²) >= 11 is 3.24. The van der Waals surface area contributed by atoms with Gasteiger partial charge in [-0.3, -0.25) is 0 Å². The van der Waals surface area contributed by atoms with Gasteiger partial charge in [0.05, 0.1) is 16.8 Å². The quantitative estimate of drug-likeness (QED) is 0.680. The Bertz CT molecular complexity index is 522. The maximum absolute atomic E-state index is 13.1. The van der Waals surface area contributed by atoms with E-state index in [-0.39, 0.29) is 18.3 Å². The van der Waals surface area contributed by atoms with Crippen LogP contribution in [-0.4, -0.2) is 20.8 Å². The molecule has 0 bridgehead atoms. The topological polar surface area (TPSA) is 43.4 Å². The van der Waals surface area contributed by atoms with Crippen LogP contribution in [0.25, 0.3) is 0 Å². The van der Waals surface area contributed by atoms with Crippen LogP contribution in [0.2, 0.25) is 0 Å². The Balaban J connectivity index is 2.68. The van der Waals surface area contributed by atoms with E-state index in [4.69, 9.17) is 15.4 Å². The average Bonchev–Trinajstić information content (AvgIpc) is 2.28. The maximum Gasteiger partial charge on any atom is 0.232 e. The van der Waals surface area contributed by atoms with Gasteiger partial charge in [0.2, 0.25) is 9.05 Å². The van der Waals surface area contributed by atoms with Crippen molar-refractivity contribution in [1.29, 1.82) is 0 Å². The fourth-order valence-electron chi connectivity index (χ4n) is 1.70. The van der Waals surface area contributed by atoms with Gasteiger partial charge in [0.25, 0.3) is 0 Å². The smallest absolute Gasteiger partial charge is 0.232 e. The van der Waals surface area contributed by atoms with Gasteiger partial charge in [0.1, 0.15) is 11.6 Å². The molecule has 0 fully saturated rings. The Morgan fingerprint density at radius 1 is 1.47 bits per heavy atom. The van der Waals surface area contributed by atoms with Crippen LogP contribution >= 0.6 is 26.6 Å². The highest BCUT2D eigenvalue weighted by atomic mass is 79.9. The molecule has 1 aromatic rings. The number of halogens is 3. The molecule has 0 aliphatic carbocycles. The largest absolute Gasteiger partial charge is 0.492 e. The average molecular weight is 374 g/mol. The van der Waals surface area contributed by atoms with Crippen molar-refractivity contribution in [3.8, 4) is 5.75 Å². The molecule has 7 heteroatoms. The summed E-state index contributed by atoms with van der Waals surface area (Å²) in [6.07, 6.45) is 1.50. The number of benzene rings is 1. The van der Waals surface area contributed by atoms with Crippen LogP contribution in [0.3, 0.4) is 0 Å². The minimum atomic E-state index is -3.56. The number of rotatable bonds is 7. The van der Waals surface area contributed by atoms with Gasteiger partial charge in [-0.1, -0.05) is 13.3 Å². The maximum atomic E-state index is 13.1. The van der Waals surface area contributed by atoms with E-state index in [0.29, 0.717) is 16.6 Å². The molecule has 3 nitrogen and oxygen atoms in total. The molecule has 1 unspecified atom stereocenters. The molecule has 0 heterocycles. The fraction of sp³-hybridized carbons (Fsp3) is 0.500. The van der Waals surface area contributed by atoms with Gasteiger partial charge in [-0.05, 0) is 34.5 Å². The third-order valence-electron chi connectivity index (χ3n) is 2.50. The van der Waals surface area contributed by atoms with Gasteiger partial charge in [-0.2, -0.15) is 0 Å². The van der Waals surface area contributed by atoms with Crippen molar-refractivity contribution in [2.24, 2.45) is 5.92 Å². The Labute approximate surface area is 125 Å². The fourth-order valence-corrected chi connectivity index (χ4v) is 3.42. The van der Waals surface area contributed by atoms with Crippen LogP contribution in [0.1, 0.15) is 19.8 Å². The molecule has 1 atom stereocenters. The molecular weight excluding hydrogens is 359 g/mol. The Morgan fingerprint density at radius 3 is 2.74 bits per heavy atom. The van der Waals surface area contributed by atoms with Gasteiger partial charge in [-0.25, -0.2) is 12.8 Å². The molecular formula is C12H15BrClFO3S. The van der Waals surface area contributed by atoms with E-state index in [1.165, 1.54) is 18.2 Å². The van der Waals surface area contributed by atoms with Crippen LogP contribution in [0.5, 0.6) is 5.75 Å². The van der Waals surface area contributed by atoms with Gasteiger partial charge < -0.3 is 4.74 Å². The molecule has 0 N–H and O–H groups in total. The molecule has 0 aliphatic rings. The highest BCUT2D eigenvalue weighted by molar-refractivity contribution is 9.10. The van der Waals surface area contributed by atoms with E-state index in [1.54, 1.807) is 0 Å². The predicted molar refractivity (Wildman–Crippen MR) is 77.6 cm³/mol. The molecule has 0 saturated heterocycles. The van der Waals surface area contributed by atoms with Crippen molar-refractivity contribution >= 4 is 35.7 Å². The van der Waals surface area contributed by atoms with Crippen molar-refractivity contribution < 1.29 is 17.5 Å². The van der Waals surface area contributed by atoms with Crippen LogP contribution in [-0.2, 0) is 9.05 Å². The van der Waals surface area contributed by atoms with Gasteiger partial charge in [0, 0.05) is 22.7 Å². The summed E-state index contributed by atoms with van der Waals surface area (Å²) in [5, 5.41) is 0. The van der Waals surface area contributed by atoms with Crippen molar-refractivity contribution in [1.82, 2.24) is 0 Å². The van der Waals surface area contributed by atoms with Gasteiger partial charge in [-0.15, -0.1) is 0 Å². The minimum absolute atomic E-state index is 0.144. The molecule has 0 aliphatic heterocycles. The lowest BCUT2D eigenvalue weighted by Crippen LogP contribution is -2.19. The lowest BCUT2D eigenvalue weighted by molar-refractivity contribution is 0.250. The molecule has 0 saturated carbocycles. The van der Waals surface area contributed by atoms with Crippen LogP contribution in [0.15, 0.2) is 22.7 Å². The lowest BCUT2D eigenvalue weighted by Gasteiger charge is -2.16. The molecule has 19 heavy (non-hydrogen) atoms. The molecule has 108 valence electrons. The van der Waals surface area contributed by atoms with E-state index in [0.717, 1.165) is 6.42 Å². The SMILES string of the molecule is CCCC(COc1cc(F)ccc1Br)CS(=O)(=O)Cl. The standard InChI is InChI=1S/C12H15BrClFO3S/c1-2-3-9(8-19(14,16)17)7-18-12-6-10(15)4-5-11(12)13/h4-6,9H,2-3,7-8H2,1H3. The van der Waals surface area contributed by atoms with Crippen molar-refractivity contribution in [3.05, 3.63) is 28.5 Å². The first-order valence-corrected chi connectivity index (χ1v) is 9.09. The third-order valence-corrected chi connectivity index (χ3v) is 4.40. The summed E-state index contributed by atoms with van der Waals surface area (Å²) in [5.74, 6) is -0.402. The monoisotopic (exact) mass is 372 g/mol. The zero-order valence-electron chi connectivity index (χ0n) is 10.4. The van der Waals surface area contributed by atoms with Crippen molar-refractivity contribution in [2.45, 2.75) is 19.8 Å². The zero-order chi connectivity index (χ0) is 14.5. The van der Waals surface area contributed by atoms with E-state index in [1.807, 2.05) is 6.92 Å². The molecule has 0 amide bonds. The van der Waals surface area contributed by atoms with E-state index >= 15 is 0 Å². The molecule has 0 spiro atoms. The van der Waals surface area contributed by atoms with E-state index < -0.39 is 14.9 Å². The highest BCUT2D eigenvalue weighted by Crippen LogP contribution is 2.26. The second-order valence-corrected chi connectivity index (χ2v) is 7.92. The summed E-state index contributed by atoms with van der Waals surface area (Å²) in [6.45, 7) is 2.13. The third kappa shape index (κ3) is 6.58. The Hall–Kier alpha value is -0.330. The van der Waals surface area contributed by atoms with E-state index in [9.17, 15) is 12.8 Å². The molecule has 1 rings (SSSR count). The predicted octanol–water partition coefficient (Wildman–Crippen LogP) is 3.95. The van der Waals surface area contributed by atoms with E-state index in [2.05, 4.69) is 15.9 Å². The molecule has 1 aromatic carbocycles. The lowest BCUT2D eigenvalue weighted by atomic mass is 10.1. The summed E-state index contributed by atoms with van der Waals surface area (Å²) in [5.41, 5.74) is 0. The number of hydrogen-bond acceptors (Lipinski definition) is 3. The molecule has 0 aromatic heterocycles. The Kier molecular flexibility index (Phi) is 6.56. The first-order chi connectivity index (χ1) is 8.81. The summed E-state index contributed by atoms with van der Waals surface area (Å²) < 4.78 is 41.3. The highest BCUT2D eigenvalue weighted by Gasteiger charge is 2.18. The first-order valence-electron chi connectivity index (χ1n) is 5.82. The van der Waals surface area contributed by atoms with Crippen molar-refractivity contribution in [3.63, 3.8) is 0 Å². The summed E-state index contributed by atoms with van der Waals surface area (Å²) in [6, 6.07) is 4.10. The minimum Gasteiger partial charge on any atom is -0.492 e. The Morgan fingerprint density at radius 2 is 2.16 bits per heavy atom. The summed E-state index contributed by atoms with van der Waals surface area (Å²) in [7, 11) is 1.69. The van der Waals surface area contributed by atoms with Crippen LogP contribution in [0, 0.1) is 11.7 Å². The first kappa shape index (κ1) is 16.7. The van der Waals surface area contributed by atoms with Crippen LogP contribution < -0.4 is 4.74 Å². The zero-order valence-corrected chi connectivity index (χ0v) is 13.6. The second-order valence-electron chi connectivity index (χ2n) is 4.25.